The highest BCUT2D eigenvalue weighted by Crippen LogP contribution is 2.42. The molecular formula is C19H28INO3S. The lowest BCUT2D eigenvalue weighted by atomic mass is 9.90. The number of rotatable bonds is 3. The number of likely N-dealkylation sites (tertiary alicyclic amines) is 1. The summed E-state index contributed by atoms with van der Waals surface area (Å²) in [5, 5.41) is 0. The number of halogens is 1. The molecule has 0 radical (unpaired) electrons. The lowest BCUT2D eigenvalue weighted by Gasteiger charge is -2.28. The standard InChI is InChI=1S/C9H12INOS.C8H10O2.C2H6/c1-11-3-2-7-8(11)4-6(12)5-9(7)13-10;1-9-7-5-3-4-6-8(7)10-2;1-2/h5,7-8H,2-4H2,1H3;3-6H,1-2H3;1-2H3. The van der Waals surface area contributed by atoms with Crippen LogP contribution in [0.4, 0.5) is 0 Å². The first-order valence-electron chi connectivity index (χ1n) is 8.51. The Morgan fingerprint density at radius 1 is 1.16 bits per heavy atom. The summed E-state index contributed by atoms with van der Waals surface area (Å²) in [6.45, 7) is 5.14. The summed E-state index contributed by atoms with van der Waals surface area (Å²) in [5.74, 6) is 2.47. The second kappa shape index (κ2) is 11.8. The van der Waals surface area contributed by atoms with Gasteiger partial charge in [-0.1, -0.05) is 34.9 Å². The Hall–Kier alpha value is -0.730. The van der Waals surface area contributed by atoms with Crippen molar-refractivity contribution < 1.29 is 14.3 Å². The minimum atomic E-state index is 0.300. The van der Waals surface area contributed by atoms with Gasteiger partial charge in [0.2, 0.25) is 0 Å². The third-order valence-electron chi connectivity index (χ3n) is 4.28. The molecular weight excluding hydrogens is 449 g/mol. The van der Waals surface area contributed by atoms with Crippen molar-refractivity contribution in [3.05, 3.63) is 35.2 Å². The zero-order valence-corrected chi connectivity index (χ0v) is 18.6. The maximum Gasteiger partial charge on any atom is 0.160 e. The Balaban J connectivity index is 0.000000235. The molecule has 0 spiro atoms. The fourth-order valence-electron chi connectivity index (χ4n) is 3.04. The quantitative estimate of drug-likeness (QED) is 0.575. The summed E-state index contributed by atoms with van der Waals surface area (Å²) in [7, 11) is 7.08. The number of carbonyl (C=O) groups excluding carboxylic acids is 1. The van der Waals surface area contributed by atoms with Gasteiger partial charge in [-0.05, 0) is 38.2 Å². The molecule has 2 unspecified atom stereocenters. The highest BCUT2D eigenvalue weighted by Gasteiger charge is 2.38. The number of ether oxygens (including phenoxy) is 2. The largest absolute Gasteiger partial charge is 0.493 e. The molecule has 0 amide bonds. The van der Waals surface area contributed by atoms with E-state index in [1.807, 2.05) is 44.2 Å². The topological polar surface area (TPSA) is 38.8 Å². The summed E-state index contributed by atoms with van der Waals surface area (Å²) in [6, 6.07) is 8.01. The third kappa shape index (κ3) is 6.18. The van der Waals surface area contributed by atoms with E-state index in [0.717, 1.165) is 24.5 Å². The predicted molar refractivity (Wildman–Crippen MR) is 115 cm³/mol. The van der Waals surface area contributed by atoms with Gasteiger partial charge in [-0.3, -0.25) is 4.79 Å². The van der Waals surface area contributed by atoms with Gasteiger partial charge in [0, 0.05) is 44.5 Å². The van der Waals surface area contributed by atoms with Crippen LogP contribution >= 0.6 is 30.1 Å². The van der Waals surface area contributed by atoms with Crippen LogP contribution in [0, 0.1) is 5.92 Å². The number of carbonyl (C=O) groups is 1. The number of ketones is 1. The summed E-state index contributed by atoms with van der Waals surface area (Å²) in [6.07, 6.45) is 3.79. The van der Waals surface area contributed by atoms with Crippen LogP contribution in [-0.4, -0.2) is 44.5 Å². The lowest BCUT2D eigenvalue weighted by Crippen LogP contribution is -2.34. The zero-order valence-electron chi connectivity index (χ0n) is 15.6. The van der Waals surface area contributed by atoms with Gasteiger partial charge in [0.1, 0.15) is 0 Å². The average Bonchev–Trinajstić information content (AvgIpc) is 3.04. The first-order chi connectivity index (χ1) is 12.1. The molecule has 0 bridgehead atoms. The second-order valence-electron chi connectivity index (χ2n) is 5.59. The molecule has 1 aliphatic heterocycles. The van der Waals surface area contributed by atoms with Crippen molar-refractivity contribution in [2.75, 3.05) is 27.8 Å². The van der Waals surface area contributed by atoms with Crippen LogP contribution < -0.4 is 9.47 Å². The fraction of sp³-hybridized carbons (Fsp3) is 0.526. The molecule has 1 heterocycles. The van der Waals surface area contributed by atoms with E-state index in [4.69, 9.17) is 9.47 Å². The Kier molecular flexibility index (Phi) is 10.5. The highest BCUT2D eigenvalue weighted by molar-refractivity contribution is 14.2. The van der Waals surface area contributed by atoms with Crippen molar-refractivity contribution in [2.24, 2.45) is 5.92 Å². The van der Waals surface area contributed by atoms with Crippen molar-refractivity contribution in [1.82, 2.24) is 4.90 Å². The van der Waals surface area contributed by atoms with Gasteiger partial charge in [-0.15, -0.1) is 0 Å². The molecule has 4 nitrogen and oxygen atoms in total. The van der Waals surface area contributed by atoms with E-state index in [9.17, 15) is 4.79 Å². The van der Waals surface area contributed by atoms with E-state index in [1.165, 1.54) is 11.3 Å². The van der Waals surface area contributed by atoms with Gasteiger partial charge < -0.3 is 14.4 Å². The lowest BCUT2D eigenvalue weighted by molar-refractivity contribution is -0.116. The van der Waals surface area contributed by atoms with E-state index in [-0.39, 0.29) is 0 Å². The molecule has 6 heteroatoms. The van der Waals surface area contributed by atoms with E-state index in [2.05, 4.69) is 33.2 Å². The van der Waals surface area contributed by atoms with Crippen molar-refractivity contribution in [3.63, 3.8) is 0 Å². The number of allylic oxidation sites excluding steroid dienone is 1. The number of benzene rings is 1. The van der Waals surface area contributed by atoms with Crippen molar-refractivity contribution in [2.45, 2.75) is 32.7 Å². The number of hydrogen-bond donors (Lipinski definition) is 0. The normalized spacial score (nSPS) is 21.8. The summed E-state index contributed by atoms with van der Waals surface area (Å²) in [4.78, 5) is 15.0. The fourth-order valence-corrected chi connectivity index (χ4v) is 4.96. The van der Waals surface area contributed by atoms with Gasteiger partial charge >= 0.3 is 0 Å². The molecule has 0 N–H and O–H groups in total. The highest BCUT2D eigenvalue weighted by atomic mass is 127. The molecule has 1 aromatic rings. The monoisotopic (exact) mass is 477 g/mol. The molecule has 140 valence electrons. The molecule has 1 aromatic carbocycles. The zero-order chi connectivity index (χ0) is 18.8. The molecule has 3 rings (SSSR count). The number of methoxy groups -OCH3 is 2. The van der Waals surface area contributed by atoms with Crippen molar-refractivity contribution >= 4 is 35.9 Å². The van der Waals surface area contributed by atoms with Crippen LogP contribution in [0.25, 0.3) is 0 Å². The van der Waals surface area contributed by atoms with Crippen LogP contribution in [0.2, 0.25) is 0 Å². The Morgan fingerprint density at radius 2 is 1.72 bits per heavy atom. The van der Waals surface area contributed by atoms with E-state index >= 15 is 0 Å². The Labute approximate surface area is 167 Å². The third-order valence-corrected chi connectivity index (χ3v) is 6.40. The molecule has 25 heavy (non-hydrogen) atoms. The second-order valence-corrected chi connectivity index (χ2v) is 7.54. The number of para-hydroxylation sites is 2. The summed E-state index contributed by atoms with van der Waals surface area (Å²) < 4.78 is 10.0. The summed E-state index contributed by atoms with van der Waals surface area (Å²) >= 11 is 2.28. The van der Waals surface area contributed by atoms with Gasteiger partial charge in [-0.25, -0.2) is 0 Å². The van der Waals surface area contributed by atoms with Gasteiger partial charge in [0.25, 0.3) is 0 Å². The van der Waals surface area contributed by atoms with E-state index < -0.39 is 0 Å². The molecule has 0 saturated carbocycles. The maximum absolute atomic E-state index is 11.4. The molecule has 1 saturated heterocycles. The first kappa shape index (κ1) is 22.3. The van der Waals surface area contributed by atoms with Gasteiger partial charge in [0.15, 0.2) is 17.3 Å². The molecule has 2 aliphatic rings. The van der Waals surface area contributed by atoms with Crippen LogP contribution in [0.3, 0.4) is 0 Å². The molecule has 1 aliphatic carbocycles. The average molecular weight is 477 g/mol. The minimum absolute atomic E-state index is 0.300. The molecule has 1 fully saturated rings. The molecule has 0 aromatic heterocycles. The predicted octanol–water partition coefficient (Wildman–Crippen LogP) is 4.98. The van der Waals surface area contributed by atoms with Crippen LogP contribution in [0.1, 0.15) is 26.7 Å². The van der Waals surface area contributed by atoms with E-state index in [1.54, 1.807) is 23.2 Å². The van der Waals surface area contributed by atoms with Crippen LogP contribution in [0.5, 0.6) is 11.5 Å². The van der Waals surface area contributed by atoms with Crippen LogP contribution in [-0.2, 0) is 4.79 Å². The Morgan fingerprint density at radius 3 is 2.20 bits per heavy atom. The van der Waals surface area contributed by atoms with Gasteiger partial charge in [-0.2, -0.15) is 0 Å². The van der Waals surface area contributed by atoms with Crippen molar-refractivity contribution in [3.8, 4) is 11.5 Å². The molecule has 2 atom stereocenters. The minimum Gasteiger partial charge on any atom is -0.493 e. The summed E-state index contributed by atoms with van der Waals surface area (Å²) in [5.41, 5.74) is 0. The SMILES string of the molecule is CC.CN1CCC2C(SI)=CC(=O)CC21.COc1ccccc1OC. The smallest absolute Gasteiger partial charge is 0.160 e. The van der Waals surface area contributed by atoms with Crippen LogP contribution in [0.15, 0.2) is 35.2 Å². The maximum atomic E-state index is 11.4. The number of fused-ring (bicyclic) bond motifs is 1. The Bertz CT molecular complexity index is 557. The number of nitrogens with zero attached hydrogens (tertiary/aromatic N) is 1. The first-order valence-corrected chi connectivity index (χ1v) is 11.9. The van der Waals surface area contributed by atoms with E-state index in [0.29, 0.717) is 17.7 Å². The number of hydrogen-bond acceptors (Lipinski definition) is 5. The van der Waals surface area contributed by atoms with Crippen molar-refractivity contribution in [1.29, 1.82) is 0 Å². The van der Waals surface area contributed by atoms with Gasteiger partial charge in [0.05, 0.1) is 14.2 Å².